The molecule has 2 aliphatic rings. The van der Waals surface area contributed by atoms with Crippen LogP contribution in [-0.2, 0) is 13.1 Å². The normalized spacial score (nSPS) is 18.6. The number of hydrogen-bond donors (Lipinski definition) is 0. The Hall–Kier alpha value is -5.16. The van der Waals surface area contributed by atoms with Crippen LogP contribution in [0.15, 0.2) is 146 Å². The Bertz CT molecular complexity index is 2190. The van der Waals surface area contributed by atoms with Crippen LogP contribution in [-0.4, -0.2) is 45.1 Å². The molecule has 2 aromatic heterocycles. The van der Waals surface area contributed by atoms with Gasteiger partial charge in [0.05, 0.1) is 22.1 Å². The molecule has 2 fully saturated rings. The number of nitrogens with zero attached hydrogens (tertiary/aromatic N) is 4. The van der Waals surface area contributed by atoms with E-state index < -0.39 is 0 Å². The van der Waals surface area contributed by atoms with Crippen molar-refractivity contribution in [3.05, 3.63) is 157 Å². The average Bonchev–Trinajstić information content (AvgIpc) is 3.65. The summed E-state index contributed by atoms with van der Waals surface area (Å²) in [5.41, 5.74) is 10.4. The first-order chi connectivity index (χ1) is 24.2. The number of aromatic nitrogens is 2. The van der Waals surface area contributed by atoms with Gasteiger partial charge in [-0.05, 0) is 77.9 Å². The van der Waals surface area contributed by atoms with E-state index in [9.17, 15) is 0 Å². The Morgan fingerprint density at radius 2 is 0.735 bits per heavy atom. The van der Waals surface area contributed by atoms with Gasteiger partial charge in [0.15, 0.2) is 0 Å². The van der Waals surface area contributed by atoms with Gasteiger partial charge < -0.3 is 9.13 Å². The van der Waals surface area contributed by atoms with Gasteiger partial charge in [-0.3, -0.25) is 9.80 Å². The average molecular weight is 637 g/mol. The Morgan fingerprint density at radius 1 is 0.388 bits per heavy atom. The maximum absolute atomic E-state index is 2.73. The number of likely N-dealkylation sites (tertiary alicyclic amines) is 2. The van der Waals surface area contributed by atoms with Crippen molar-refractivity contribution in [2.75, 3.05) is 26.2 Å². The predicted octanol–water partition coefficient (Wildman–Crippen LogP) is 9.83. The molecule has 8 aromatic rings. The number of rotatable bonds is 6. The second kappa shape index (κ2) is 11.8. The van der Waals surface area contributed by atoms with Crippen molar-refractivity contribution in [1.82, 2.24) is 18.9 Å². The summed E-state index contributed by atoms with van der Waals surface area (Å²) in [6.45, 7) is 6.72. The number of benzene rings is 6. The first-order valence-corrected chi connectivity index (χ1v) is 17.8. The van der Waals surface area contributed by atoms with Gasteiger partial charge in [0, 0.05) is 72.2 Å². The standard InChI is InChI=1S/C45H40N4/c1-5-19-42-38(15-1)39-16-2-6-20-43(39)48(42)36-13-9-11-32(24-36)26-46-28-34-23-35(29-46)31-47(30-34)27-33-12-10-14-37(25-33)49-44-21-7-3-17-40(44)41-18-4-8-22-45(41)49/h1-22,24-25,34-35H,23,26-31H2. The van der Waals surface area contributed by atoms with Gasteiger partial charge in [-0.25, -0.2) is 0 Å². The molecule has 0 N–H and O–H groups in total. The minimum Gasteiger partial charge on any atom is -0.309 e. The molecule has 0 spiro atoms. The van der Waals surface area contributed by atoms with Gasteiger partial charge in [-0.15, -0.1) is 0 Å². The summed E-state index contributed by atoms with van der Waals surface area (Å²) in [5, 5.41) is 5.26. The summed E-state index contributed by atoms with van der Waals surface area (Å²) in [6.07, 6.45) is 1.36. The Labute approximate surface area is 287 Å². The molecule has 2 aliphatic heterocycles. The van der Waals surface area contributed by atoms with Crippen molar-refractivity contribution in [1.29, 1.82) is 0 Å². The molecule has 0 unspecified atom stereocenters. The molecule has 0 atom stereocenters. The number of para-hydroxylation sites is 4. The van der Waals surface area contributed by atoms with Crippen molar-refractivity contribution in [3.63, 3.8) is 0 Å². The summed E-state index contributed by atoms with van der Waals surface area (Å²) in [6, 6.07) is 53.7. The SMILES string of the molecule is c1cc(CN2CC3CC(C2)CN(Cc2cccc(-n4c5ccccc5c5ccccc54)c2)C3)cc(-n2c3ccccc3c3ccccc32)c1. The van der Waals surface area contributed by atoms with E-state index in [0.717, 1.165) is 13.1 Å². The fraction of sp³-hybridized carbons (Fsp3) is 0.200. The largest absolute Gasteiger partial charge is 0.309 e. The molecule has 2 bridgehead atoms. The third kappa shape index (κ3) is 5.06. The van der Waals surface area contributed by atoms with Crippen LogP contribution in [0.25, 0.3) is 55.0 Å². The van der Waals surface area contributed by atoms with E-state index in [4.69, 9.17) is 0 Å². The van der Waals surface area contributed by atoms with E-state index in [0.29, 0.717) is 11.8 Å². The lowest BCUT2D eigenvalue weighted by molar-refractivity contribution is 0.0242. The van der Waals surface area contributed by atoms with Gasteiger partial charge in [-0.2, -0.15) is 0 Å². The maximum Gasteiger partial charge on any atom is 0.0541 e. The van der Waals surface area contributed by atoms with Crippen LogP contribution >= 0.6 is 0 Å². The van der Waals surface area contributed by atoms with Crippen LogP contribution in [0.3, 0.4) is 0 Å². The summed E-state index contributed by atoms with van der Waals surface area (Å²) >= 11 is 0. The van der Waals surface area contributed by atoms with E-state index in [1.165, 1.54) is 98.7 Å². The smallest absolute Gasteiger partial charge is 0.0541 e. The van der Waals surface area contributed by atoms with Gasteiger partial charge in [0.25, 0.3) is 0 Å². The van der Waals surface area contributed by atoms with Crippen LogP contribution in [0.5, 0.6) is 0 Å². The second-order valence-corrected chi connectivity index (χ2v) is 14.4. The van der Waals surface area contributed by atoms with Crippen LogP contribution < -0.4 is 0 Å². The van der Waals surface area contributed by atoms with Gasteiger partial charge in [-0.1, -0.05) is 97.1 Å². The quantitative estimate of drug-likeness (QED) is 0.181. The van der Waals surface area contributed by atoms with Crippen molar-refractivity contribution in [2.24, 2.45) is 11.8 Å². The van der Waals surface area contributed by atoms with Crippen LogP contribution in [0, 0.1) is 11.8 Å². The third-order valence-electron chi connectivity index (χ3n) is 11.0. The summed E-state index contributed by atoms with van der Waals surface area (Å²) in [4.78, 5) is 5.45. The lowest BCUT2D eigenvalue weighted by atomic mass is 9.84. The van der Waals surface area contributed by atoms with Gasteiger partial charge >= 0.3 is 0 Å². The molecule has 0 saturated carbocycles. The van der Waals surface area contributed by atoms with Crippen LogP contribution in [0.1, 0.15) is 17.5 Å². The minimum absolute atomic E-state index is 0.716. The molecule has 10 rings (SSSR count). The zero-order valence-corrected chi connectivity index (χ0v) is 27.7. The van der Waals surface area contributed by atoms with Crippen molar-refractivity contribution in [3.8, 4) is 11.4 Å². The van der Waals surface area contributed by atoms with E-state index in [-0.39, 0.29) is 0 Å². The maximum atomic E-state index is 2.73. The highest BCUT2D eigenvalue weighted by atomic mass is 15.2. The molecular formula is C45H40N4. The Balaban J connectivity index is 0.859. The summed E-state index contributed by atoms with van der Waals surface area (Å²) in [5.74, 6) is 1.43. The van der Waals surface area contributed by atoms with Crippen molar-refractivity contribution in [2.45, 2.75) is 19.5 Å². The fourth-order valence-electron chi connectivity index (χ4n) is 9.26. The third-order valence-corrected chi connectivity index (χ3v) is 11.0. The zero-order valence-electron chi connectivity index (χ0n) is 27.7. The molecule has 2 saturated heterocycles. The molecule has 49 heavy (non-hydrogen) atoms. The highest BCUT2D eigenvalue weighted by Gasteiger charge is 2.34. The predicted molar refractivity (Wildman–Crippen MR) is 204 cm³/mol. The first-order valence-electron chi connectivity index (χ1n) is 17.8. The van der Waals surface area contributed by atoms with E-state index in [1.807, 2.05) is 0 Å². The van der Waals surface area contributed by atoms with Gasteiger partial charge in [0.2, 0.25) is 0 Å². The Morgan fingerprint density at radius 3 is 1.10 bits per heavy atom. The van der Waals surface area contributed by atoms with Crippen molar-refractivity contribution >= 4 is 43.6 Å². The molecule has 4 heteroatoms. The minimum atomic E-state index is 0.716. The molecule has 6 aromatic carbocycles. The highest BCUT2D eigenvalue weighted by Crippen LogP contribution is 2.35. The number of hydrogen-bond acceptors (Lipinski definition) is 2. The fourth-order valence-corrected chi connectivity index (χ4v) is 9.26. The zero-order chi connectivity index (χ0) is 32.3. The monoisotopic (exact) mass is 636 g/mol. The topological polar surface area (TPSA) is 16.3 Å². The first kappa shape index (κ1) is 28.8. The molecule has 4 heterocycles. The number of fused-ring (bicyclic) bond motifs is 8. The van der Waals surface area contributed by atoms with Crippen LogP contribution in [0.4, 0.5) is 0 Å². The van der Waals surface area contributed by atoms with E-state index in [2.05, 4.69) is 165 Å². The molecular weight excluding hydrogens is 597 g/mol. The van der Waals surface area contributed by atoms with E-state index >= 15 is 0 Å². The van der Waals surface area contributed by atoms with Crippen LogP contribution in [0.2, 0.25) is 0 Å². The molecule has 0 radical (unpaired) electrons. The second-order valence-electron chi connectivity index (χ2n) is 14.4. The van der Waals surface area contributed by atoms with Crippen molar-refractivity contribution < 1.29 is 0 Å². The molecule has 0 aliphatic carbocycles. The van der Waals surface area contributed by atoms with Gasteiger partial charge in [0.1, 0.15) is 0 Å². The lowest BCUT2D eigenvalue weighted by Crippen LogP contribution is -2.52. The lowest BCUT2D eigenvalue weighted by Gasteiger charge is -2.46. The number of piperidine rings is 2. The summed E-state index contributed by atoms with van der Waals surface area (Å²) in [7, 11) is 0. The van der Waals surface area contributed by atoms with E-state index in [1.54, 1.807) is 0 Å². The molecule has 240 valence electrons. The Kier molecular flexibility index (Phi) is 6.92. The summed E-state index contributed by atoms with van der Waals surface area (Å²) < 4.78 is 4.88. The molecule has 4 nitrogen and oxygen atoms in total. The highest BCUT2D eigenvalue weighted by molar-refractivity contribution is 6.10. The molecule has 0 amide bonds.